The lowest BCUT2D eigenvalue weighted by Crippen LogP contribution is -2.44. The summed E-state index contributed by atoms with van der Waals surface area (Å²) in [7, 11) is 0. The molecule has 3 aliphatic rings. The van der Waals surface area contributed by atoms with Gasteiger partial charge in [0.2, 0.25) is 0 Å². The van der Waals surface area contributed by atoms with Crippen LogP contribution in [0.1, 0.15) is 43.7 Å². The van der Waals surface area contributed by atoms with E-state index in [-0.39, 0.29) is 23.3 Å². The summed E-state index contributed by atoms with van der Waals surface area (Å²) in [5.41, 5.74) is 1.19. The topological polar surface area (TPSA) is 41.6 Å². The molecule has 2 saturated heterocycles. The molecule has 5 heteroatoms. The number of carbonyl (C=O) groups excluding carboxylic acids is 1. The predicted octanol–water partition coefficient (Wildman–Crippen LogP) is 3.49. The van der Waals surface area contributed by atoms with Crippen molar-refractivity contribution >= 4 is 6.03 Å². The lowest BCUT2D eigenvalue weighted by atomic mass is 9.77. The van der Waals surface area contributed by atoms with Gasteiger partial charge in [0.1, 0.15) is 5.82 Å². The molecule has 0 aromatic heterocycles. The number of ether oxygens (including phenoxy) is 1. The third-order valence-electron chi connectivity index (χ3n) is 6.04. The Hall–Kier alpha value is -1.62. The van der Waals surface area contributed by atoms with Gasteiger partial charge < -0.3 is 15.0 Å². The number of hydrogen-bond acceptors (Lipinski definition) is 2. The summed E-state index contributed by atoms with van der Waals surface area (Å²) in [6.45, 7) is 3.19. The van der Waals surface area contributed by atoms with Gasteiger partial charge in [-0.25, -0.2) is 9.18 Å². The maximum absolute atomic E-state index is 13.2. The van der Waals surface area contributed by atoms with Gasteiger partial charge in [-0.05, 0) is 49.3 Å². The van der Waals surface area contributed by atoms with E-state index in [9.17, 15) is 9.18 Å². The number of nitrogens with zero attached hydrogens (tertiary/aromatic N) is 1. The first-order chi connectivity index (χ1) is 11.7. The zero-order valence-electron chi connectivity index (χ0n) is 14.0. The molecule has 2 aliphatic heterocycles. The van der Waals surface area contributed by atoms with Crippen molar-refractivity contribution in [2.75, 3.05) is 26.3 Å². The molecule has 24 heavy (non-hydrogen) atoms. The fraction of sp³-hybridized carbons (Fsp3) is 0.632. The number of urea groups is 1. The molecule has 2 heterocycles. The largest absolute Gasteiger partial charge is 0.381 e. The van der Waals surface area contributed by atoms with Crippen LogP contribution in [0.25, 0.3) is 0 Å². The quantitative estimate of drug-likeness (QED) is 0.920. The first-order valence-electron chi connectivity index (χ1n) is 9.04. The summed E-state index contributed by atoms with van der Waals surface area (Å²) in [6, 6.07) is 6.56. The molecular weight excluding hydrogens is 307 g/mol. The third kappa shape index (κ3) is 3.02. The lowest BCUT2D eigenvalue weighted by molar-refractivity contribution is 0.150. The molecule has 0 unspecified atom stereocenters. The number of amides is 2. The fourth-order valence-electron chi connectivity index (χ4n) is 4.22. The van der Waals surface area contributed by atoms with Gasteiger partial charge in [-0.3, -0.25) is 0 Å². The van der Waals surface area contributed by atoms with E-state index in [1.165, 1.54) is 18.6 Å². The summed E-state index contributed by atoms with van der Waals surface area (Å²) in [5, 5.41) is 3.23. The van der Waals surface area contributed by atoms with E-state index < -0.39 is 0 Å². The van der Waals surface area contributed by atoms with E-state index in [4.69, 9.17) is 4.74 Å². The van der Waals surface area contributed by atoms with Crippen molar-refractivity contribution in [1.29, 1.82) is 0 Å². The zero-order valence-corrected chi connectivity index (χ0v) is 14.0. The van der Waals surface area contributed by atoms with Gasteiger partial charge in [-0.1, -0.05) is 18.6 Å². The Morgan fingerprint density at radius 2 is 2.08 bits per heavy atom. The maximum atomic E-state index is 13.2. The normalized spacial score (nSPS) is 28.1. The molecule has 0 radical (unpaired) electrons. The Labute approximate surface area is 142 Å². The number of hydrogen-bond donors (Lipinski definition) is 1. The summed E-state index contributed by atoms with van der Waals surface area (Å²) < 4.78 is 18.8. The smallest absolute Gasteiger partial charge is 0.317 e. The van der Waals surface area contributed by atoms with E-state index in [2.05, 4.69) is 5.32 Å². The molecule has 1 N–H and O–H groups in total. The molecule has 1 spiro atoms. The van der Waals surface area contributed by atoms with Gasteiger partial charge in [-0.2, -0.15) is 0 Å². The van der Waals surface area contributed by atoms with Gasteiger partial charge in [0.15, 0.2) is 0 Å². The number of halogens is 1. The van der Waals surface area contributed by atoms with E-state index in [1.807, 2.05) is 4.90 Å². The molecule has 2 atom stereocenters. The monoisotopic (exact) mass is 332 g/mol. The van der Waals surface area contributed by atoms with Crippen molar-refractivity contribution in [1.82, 2.24) is 10.2 Å². The summed E-state index contributed by atoms with van der Waals surface area (Å²) >= 11 is 0. The Kier molecular flexibility index (Phi) is 4.21. The minimum absolute atomic E-state index is 0.0109. The Morgan fingerprint density at radius 1 is 1.29 bits per heavy atom. The van der Waals surface area contributed by atoms with Crippen LogP contribution < -0.4 is 5.32 Å². The number of carbonyl (C=O) groups is 1. The molecule has 3 fully saturated rings. The highest BCUT2D eigenvalue weighted by molar-refractivity contribution is 5.75. The Balaban J connectivity index is 1.44. The Morgan fingerprint density at radius 3 is 2.71 bits per heavy atom. The van der Waals surface area contributed by atoms with Gasteiger partial charge in [0.05, 0.1) is 12.6 Å². The average molecular weight is 332 g/mol. The van der Waals surface area contributed by atoms with Crippen molar-refractivity contribution in [3.8, 4) is 0 Å². The molecule has 1 aromatic carbocycles. The van der Waals surface area contributed by atoms with E-state index in [0.717, 1.165) is 57.6 Å². The Bertz CT molecular complexity index is 594. The van der Waals surface area contributed by atoms with Crippen LogP contribution in [-0.4, -0.2) is 37.2 Å². The van der Waals surface area contributed by atoms with Crippen molar-refractivity contribution in [3.63, 3.8) is 0 Å². The van der Waals surface area contributed by atoms with Crippen molar-refractivity contribution in [2.24, 2.45) is 11.3 Å². The predicted molar refractivity (Wildman–Crippen MR) is 89.1 cm³/mol. The standard InChI is InChI=1S/C19H25FN2O2/c20-16-6-4-15(5-7-16)17(14-2-1-3-14)21-18(23)22-10-8-19(12-22)9-11-24-13-19/h4-7,14,17H,1-3,8-13H2,(H,21,23)/t17-,19-/m0/s1. The highest BCUT2D eigenvalue weighted by Crippen LogP contribution is 2.40. The van der Waals surface area contributed by atoms with Crippen LogP contribution in [0, 0.1) is 17.2 Å². The molecule has 0 bridgehead atoms. The second kappa shape index (κ2) is 6.36. The van der Waals surface area contributed by atoms with Crippen molar-refractivity contribution in [3.05, 3.63) is 35.6 Å². The highest BCUT2D eigenvalue weighted by atomic mass is 19.1. The molecule has 4 rings (SSSR count). The molecule has 1 saturated carbocycles. The second-order valence-electron chi connectivity index (χ2n) is 7.64. The molecule has 1 aromatic rings. The van der Waals surface area contributed by atoms with Crippen LogP contribution in [0.15, 0.2) is 24.3 Å². The van der Waals surface area contributed by atoms with Gasteiger partial charge in [0.25, 0.3) is 0 Å². The van der Waals surface area contributed by atoms with Gasteiger partial charge in [0, 0.05) is 25.1 Å². The lowest BCUT2D eigenvalue weighted by Gasteiger charge is -2.35. The third-order valence-corrected chi connectivity index (χ3v) is 6.04. The molecule has 1 aliphatic carbocycles. The molecule has 130 valence electrons. The first-order valence-corrected chi connectivity index (χ1v) is 9.04. The zero-order chi connectivity index (χ0) is 16.6. The van der Waals surface area contributed by atoms with E-state index >= 15 is 0 Å². The second-order valence-corrected chi connectivity index (χ2v) is 7.64. The molecular formula is C19H25FN2O2. The fourth-order valence-corrected chi connectivity index (χ4v) is 4.22. The summed E-state index contributed by atoms with van der Waals surface area (Å²) in [4.78, 5) is 14.7. The average Bonchev–Trinajstić information content (AvgIpc) is 3.16. The van der Waals surface area contributed by atoms with E-state index in [1.54, 1.807) is 12.1 Å². The minimum Gasteiger partial charge on any atom is -0.381 e. The van der Waals surface area contributed by atoms with Crippen LogP contribution in [0.3, 0.4) is 0 Å². The number of benzene rings is 1. The molecule has 4 nitrogen and oxygen atoms in total. The number of likely N-dealkylation sites (tertiary alicyclic amines) is 1. The first kappa shape index (κ1) is 15.9. The van der Waals surface area contributed by atoms with E-state index in [0.29, 0.717) is 5.92 Å². The molecule has 2 amide bonds. The van der Waals surface area contributed by atoms with Crippen molar-refractivity contribution in [2.45, 2.75) is 38.1 Å². The van der Waals surface area contributed by atoms with Gasteiger partial charge >= 0.3 is 6.03 Å². The van der Waals surface area contributed by atoms with Crippen LogP contribution in [0.4, 0.5) is 9.18 Å². The van der Waals surface area contributed by atoms with Crippen LogP contribution in [-0.2, 0) is 4.74 Å². The van der Waals surface area contributed by atoms with Gasteiger partial charge in [-0.15, -0.1) is 0 Å². The number of nitrogens with one attached hydrogen (secondary N) is 1. The maximum Gasteiger partial charge on any atom is 0.317 e. The summed E-state index contributed by atoms with van der Waals surface area (Å²) in [5.74, 6) is 0.228. The number of rotatable bonds is 3. The van der Waals surface area contributed by atoms with Crippen LogP contribution in [0.2, 0.25) is 0 Å². The summed E-state index contributed by atoms with van der Waals surface area (Å²) in [6.07, 6.45) is 5.55. The van der Waals surface area contributed by atoms with Crippen LogP contribution >= 0.6 is 0 Å². The SMILES string of the molecule is O=C(N[C@H](c1ccc(F)cc1)C1CCC1)N1CC[C@]2(CCOC2)C1. The minimum atomic E-state index is -0.236. The van der Waals surface area contributed by atoms with Crippen LogP contribution in [0.5, 0.6) is 0 Å². The van der Waals surface area contributed by atoms with Crippen molar-refractivity contribution < 1.29 is 13.9 Å². The highest BCUT2D eigenvalue weighted by Gasteiger charge is 2.43.